The molecule has 0 spiro atoms. The highest BCUT2D eigenvalue weighted by Crippen LogP contribution is 2.26. The van der Waals surface area contributed by atoms with E-state index in [-0.39, 0.29) is 35.0 Å². The monoisotopic (exact) mass is 298 g/mol. The van der Waals surface area contributed by atoms with Crippen molar-refractivity contribution in [2.24, 2.45) is 0 Å². The number of aromatic nitrogens is 1. The van der Waals surface area contributed by atoms with E-state index in [9.17, 15) is 8.42 Å². The van der Waals surface area contributed by atoms with Gasteiger partial charge < -0.3 is 9.84 Å². The third-order valence-electron chi connectivity index (χ3n) is 2.36. The molecule has 1 N–H and O–H groups in total. The first-order valence-electron chi connectivity index (χ1n) is 4.88. The van der Waals surface area contributed by atoms with Crippen molar-refractivity contribution in [1.82, 2.24) is 9.29 Å². The number of thiazole rings is 1. The van der Waals surface area contributed by atoms with Crippen LogP contribution in [0.1, 0.15) is 0 Å². The van der Waals surface area contributed by atoms with Gasteiger partial charge in [-0.2, -0.15) is 4.31 Å². The number of ether oxygens (including phenoxy) is 1. The summed E-state index contributed by atoms with van der Waals surface area (Å²) in [6, 6.07) is 0. The van der Waals surface area contributed by atoms with Crippen LogP contribution in [-0.2, 0) is 14.8 Å². The van der Waals surface area contributed by atoms with Crippen molar-refractivity contribution in [3.8, 4) is 0 Å². The van der Waals surface area contributed by atoms with E-state index in [1.54, 1.807) is 0 Å². The predicted octanol–water partition coefficient (Wildman–Crippen LogP) is 0.178. The average Bonchev–Trinajstić information content (AvgIpc) is 2.76. The van der Waals surface area contributed by atoms with E-state index in [4.69, 9.17) is 21.4 Å². The van der Waals surface area contributed by atoms with Gasteiger partial charge >= 0.3 is 0 Å². The third-order valence-corrected chi connectivity index (χ3v) is 5.77. The van der Waals surface area contributed by atoms with E-state index in [0.717, 1.165) is 11.3 Å². The highest BCUT2D eigenvalue weighted by atomic mass is 35.5. The van der Waals surface area contributed by atoms with Crippen LogP contribution in [0.5, 0.6) is 0 Å². The SMILES string of the molecule is O=S(=O)(c1cnc(Cl)s1)N1CCOC(CO)C1. The van der Waals surface area contributed by atoms with E-state index in [1.165, 1.54) is 10.5 Å². The molecule has 2 rings (SSSR count). The number of morpholine rings is 1. The maximum Gasteiger partial charge on any atom is 0.254 e. The Kier molecular flexibility index (Phi) is 4.01. The number of hydrogen-bond donors (Lipinski definition) is 1. The summed E-state index contributed by atoms with van der Waals surface area (Å²) in [6.07, 6.45) is 0.771. The van der Waals surface area contributed by atoms with Crippen molar-refractivity contribution in [3.63, 3.8) is 0 Å². The summed E-state index contributed by atoms with van der Waals surface area (Å²) in [6.45, 7) is 0.495. The Morgan fingerprint density at radius 2 is 2.47 bits per heavy atom. The van der Waals surface area contributed by atoms with Gasteiger partial charge in [0, 0.05) is 13.1 Å². The van der Waals surface area contributed by atoms with Crippen molar-refractivity contribution in [3.05, 3.63) is 10.7 Å². The summed E-state index contributed by atoms with van der Waals surface area (Å²) in [5, 5.41) is 8.97. The minimum Gasteiger partial charge on any atom is -0.394 e. The van der Waals surface area contributed by atoms with Gasteiger partial charge in [-0.05, 0) is 0 Å². The van der Waals surface area contributed by atoms with Gasteiger partial charge in [0.1, 0.15) is 0 Å². The summed E-state index contributed by atoms with van der Waals surface area (Å²) in [5.41, 5.74) is 0. The lowest BCUT2D eigenvalue weighted by atomic mass is 10.3. The molecule has 0 radical (unpaired) electrons. The number of nitrogens with zero attached hydrogens (tertiary/aromatic N) is 2. The molecule has 0 aromatic carbocycles. The highest BCUT2D eigenvalue weighted by molar-refractivity contribution is 7.91. The Labute approximate surface area is 108 Å². The molecular weight excluding hydrogens is 288 g/mol. The van der Waals surface area contributed by atoms with Gasteiger partial charge in [0.2, 0.25) is 0 Å². The lowest BCUT2D eigenvalue weighted by Crippen LogP contribution is -2.46. The van der Waals surface area contributed by atoms with E-state index < -0.39 is 16.1 Å². The third kappa shape index (κ3) is 2.78. The molecular formula is C8H11ClN2O4S2. The Bertz CT molecular complexity index is 489. The quantitative estimate of drug-likeness (QED) is 0.861. The molecule has 1 fully saturated rings. The normalized spacial score (nSPS) is 22.8. The summed E-state index contributed by atoms with van der Waals surface area (Å²) in [4.78, 5) is 3.71. The van der Waals surface area contributed by atoms with Crippen LogP contribution in [0.4, 0.5) is 0 Å². The lowest BCUT2D eigenvalue weighted by molar-refractivity contribution is -0.0304. The molecule has 1 aliphatic heterocycles. The molecule has 0 aliphatic carbocycles. The predicted molar refractivity (Wildman–Crippen MR) is 62.7 cm³/mol. The first kappa shape index (κ1) is 13.2. The van der Waals surface area contributed by atoms with Crippen LogP contribution in [-0.4, -0.2) is 55.2 Å². The standard InChI is InChI=1S/C8H11ClN2O4S2/c9-8-10-3-7(16-8)17(13,14)11-1-2-15-6(4-11)5-12/h3,6,12H,1-2,4-5H2. The number of aliphatic hydroxyl groups excluding tert-OH is 1. The lowest BCUT2D eigenvalue weighted by Gasteiger charge is -2.30. The average molecular weight is 299 g/mol. The van der Waals surface area contributed by atoms with Crippen molar-refractivity contribution >= 4 is 33.0 Å². The molecule has 0 saturated carbocycles. The van der Waals surface area contributed by atoms with Gasteiger partial charge in [-0.15, -0.1) is 0 Å². The number of sulfonamides is 1. The number of halogens is 1. The summed E-state index contributed by atoms with van der Waals surface area (Å²) < 4.78 is 31.1. The van der Waals surface area contributed by atoms with Crippen molar-refractivity contribution in [1.29, 1.82) is 0 Å². The zero-order valence-electron chi connectivity index (χ0n) is 8.74. The van der Waals surface area contributed by atoms with Crippen LogP contribution in [0.25, 0.3) is 0 Å². The Balaban J connectivity index is 2.21. The molecule has 2 heterocycles. The Morgan fingerprint density at radius 1 is 1.71 bits per heavy atom. The summed E-state index contributed by atoms with van der Waals surface area (Å²) in [5.74, 6) is 0. The topological polar surface area (TPSA) is 79.7 Å². The number of hydrogen-bond acceptors (Lipinski definition) is 6. The maximum absolute atomic E-state index is 12.2. The zero-order valence-corrected chi connectivity index (χ0v) is 11.1. The Hall–Kier alpha value is -0.250. The van der Waals surface area contributed by atoms with Crippen LogP contribution in [0.15, 0.2) is 10.4 Å². The molecule has 1 unspecified atom stereocenters. The molecule has 9 heteroatoms. The smallest absolute Gasteiger partial charge is 0.254 e. The second-order valence-electron chi connectivity index (χ2n) is 3.47. The van der Waals surface area contributed by atoms with Crippen molar-refractivity contribution in [2.45, 2.75) is 10.3 Å². The second-order valence-corrected chi connectivity index (χ2v) is 7.25. The van der Waals surface area contributed by atoms with E-state index in [2.05, 4.69) is 4.98 Å². The maximum atomic E-state index is 12.2. The molecule has 1 aromatic rings. The fourth-order valence-corrected chi connectivity index (χ4v) is 4.41. The van der Waals surface area contributed by atoms with Crippen LogP contribution < -0.4 is 0 Å². The summed E-state index contributed by atoms with van der Waals surface area (Å²) in [7, 11) is -3.57. The minimum absolute atomic E-state index is 0.112. The molecule has 1 atom stereocenters. The molecule has 17 heavy (non-hydrogen) atoms. The van der Waals surface area contributed by atoms with Gasteiger partial charge in [-0.25, -0.2) is 13.4 Å². The molecule has 1 aromatic heterocycles. The number of rotatable bonds is 3. The highest BCUT2D eigenvalue weighted by Gasteiger charge is 2.31. The van der Waals surface area contributed by atoms with E-state index in [0.29, 0.717) is 0 Å². The molecule has 1 saturated heterocycles. The largest absolute Gasteiger partial charge is 0.394 e. The van der Waals surface area contributed by atoms with Gasteiger partial charge in [0.15, 0.2) is 8.68 Å². The van der Waals surface area contributed by atoms with E-state index >= 15 is 0 Å². The second kappa shape index (κ2) is 5.17. The number of aliphatic hydroxyl groups is 1. The van der Waals surface area contributed by atoms with Crippen molar-refractivity contribution in [2.75, 3.05) is 26.3 Å². The van der Waals surface area contributed by atoms with Gasteiger partial charge in [0.25, 0.3) is 10.0 Å². The van der Waals surface area contributed by atoms with Gasteiger partial charge in [-0.1, -0.05) is 22.9 Å². The minimum atomic E-state index is -3.57. The molecule has 96 valence electrons. The molecule has 1 aliphatic rings. The van der Waals surface area contributed by atoms with Crippen LogP contribution >= 0.6 is 22.9 Å². The van der Waals surface area contributed by atoms with Gasteiger partial charge in [-0.3, -0.25) is 0 Å². The first-order valence-corrected chi connectivity index (χ1v) is 7.51. The molecule has 0 amide bonds. The first-order chi connectivity index (χ1) is 8.04. The molecule has 0 bridgehead atoms. The van der Waals surface area contributed by atoms with E-state index in [1.807, 2.05) is 0 Å². The fourth-order valence-electron chi connectivity index (χ4n) is 1.51. The summed E-state index contributed by atoms with van der Waals surface area (Å²) >= 11 is 6.54. The zero-order chi connectivity index (χ0) is 12.5. The van der Waals surface area contributed by atoms with Crippen LogP contribution in [0.3, 0.4) is 0 Å². The van der Waals surface area contributed by atoms with Gasteiger partial charge in [0.05, 0.1) is 25.5 Å². The Morgan fingerprint density at radius 3 is 3.06 bits per heavy atom. The van der Waals surface area contributed by atoms with Crippen LogP contribution in [0.2, 0.25) is 4.47 Å². The fraction of sp³-hybridized carbons (Fsp3) is 0.625. The van der Waals surface area contributed by atoms with Crippen molar-refractivity contribution < 1.29 is 18.3 Å². The molecule has 6 nitrogen and oxygen atoms in total. The van der Waals surface area contributed by atoms with Crippen LogP contribution in [0, 0.1) is 0 Å².